The lowest BCUT2D eigenvalue weighted by Crippen LogP contribution is -2.18. The lowest BCUT2D eigenvalue weighted by Gasteiger charge is -2.14. The van der Waals surface area contributed by atoms with Crippen LogP contribution in [0.3, 0.4) is 0 Å². The largest absolute Gasteiger partial charge is 0.463 e. The number of esters is 1. The summed E-state index contributed by atoms with van der Waals surface area (Å²) in [7, 11) is 0. The van der Waals surface area contributed by atoms with Crippen molar-refractivity contribution < 1.29 is 14.3 Å². The summed E-state index contributed by atoms with van der Waals surface area (Å²) >= 11 is 0. The van der Waals surface area contributed by atoms with Gasteiger partial charge in [0.25, 0.3) is 0 Å². The van der Waals surface area contributed by atoms with E-state index in [1.807, 2.05) is 13.8 Å². The highest BCUT2D eigenvalue weighted by Crippen LogP contribution is 2.32. The highest BCUT2D eigenvalue weighted by molar-refractivity contribution is 5.70. The predicted octanol–water partition coefficient (Wildman–Crippen LogP) is 1.94. The van der Waals surface area contributed by atoms with E-state index >= 15 is 0 Å². The van der Waals surface area contributed by atoms with Gasteiger partial charge in [-0.3, -0.25) is 4.79 Å². The predicted molar refractivity (Wildman–Crippen MR) is 52.7 cm³/mol. The van der Waals surface area contributed by atoms with E-state index < -0.39 is 0 Å². The second kappa shape index (κ2) is 5.13. The molecule has 0 bridgehead atoms. The molecule has 80 valence electrons. The minimum absolute atomic E-state index is 0.0569. The molecule has 0 aromatic heterocycles. The van der Waals surface area contributed by atoms with Crippen LogP contribution >= 0.6 is 0 Å². The van der Waals surface area contributed by atoms with E-state index in [2.05, 4.69) is 0 Å². The second-order valence-corrected chi connectivity index (χ2v) is 4.23. The van der Waals surface area contributed by atoms with Gasteiger partial charge in [0.1, 0.15) is 6.29 Å². The van der Waals surface area contributed by atoms with Crippen LogP contribution in [0.1, 0.15) is 39.5 Å². The highest BCUT2D eigenvalue weighted by Gasteiger charge is 2.29. The van der Waals surface area contributed by atoms with Crippen molar-refractivity contribution in [3.05, 3.63) is 0 Å². The molecule has 1 rings (SSSR count). The number of hydrogen-bond donors (Lipinski definition) is 0. The summed E-state index contributed by atoms with van der Waals surface area (Å²) in [5, 5.41) is 0. The van der Waals surface area contributed by atoms with E-state index in [1.165, 1.54) is 0 Å². The maximum Gasteiger partial charge on any atom is 0.306 e. The van der Waals surface area contributed by atoms with E-state index in [1.54, 1.807) is 0 Å². The van der Waals surface area contributed by atoms with Gasteiger partial charge < -0.3 is 9.53 Å². The number of rotatable bonds is 4. The van der Waals surface area contributed by atoms with Crippen LogP contribution < -0.4 is 0 Å². The van der Waals surface area contributed by atoms with Gasteiger partial charge in [-0.15, -0.1) is 0 Å². The van der Waals surface area contributed by atoms with Gasteiger partial charge >= 0.3 is 5.97 Å². The summed E-state index contributed by atoms with van der Waals surface area (Å²) in [5.41, 5.74) is 0. The van der Waals surface area contributed by atoms with Crippen LogP contribution in [0.2, 0.25) is 0 Å². The standard InChI is InChI=1S/C11H18O3/c1-8(2)14-11(13)6-9-4-3-5-10(9)7-12/h7-10H,3-6H2,1-2H3. The molecule has 1 aliphatic carbocycles. The summed E-state index contributed by atoms with van der Waals surface area (Å²) in [6, 6.07) is 0. The van der Waals surface area contributed by atoms with Crippen LogP contribution in [-0.2, 0) is 14.3 Å². The normalized spacial score (nSPS) is 26.5. The van der Waals surface area contributed by atoms with Crippen LogP contribution in [-0.4, -0.2) is 18.4 Å². The van der Waals surface area contributed by atoms with Gasteiger partial charge in [0.2, 0.25) is 0 Å². The fraction of sp³-hybridized carbons (Fsp3) is 0.818. The molecule has 1 fully saturated rings. The van der Waals surface area contributed by atoms with Gasteiger partial charge in [-0.2, -0.15) is 0 Å². The monoisotopic (exact) mass is 198 g/mol. The second-order valence-electron chi connectivity index (χ2n) is 4.23. The zero-order chi connectivity index (χ0) is 10.6. The highest BCUT2D eigenvalue weighted by atomic mass is 16.5. The molecule has 0 amide bonds. The maximum atomic E-state index is 11.3. The third-order valence-corrected chi connectivity index (χ3v) is 2.69. The summed E-state index contributed by atoms with van der Waals surface area (Å²) in [4.78, 5) is 22.0. The fourth-order valence-electron chi connectivity index (χ4n) is 2.02. The molecule has 0 aromatic rings. The number of ether oxygens (including phenoxy) is 1. The van der Waals surface area contributed by atoms with Crippen LogP contribution in [0.25, 0.3) is 0 Å². The molecule has 0 spiro atoms. The average Bonchev–Trinajstić information content (AvgIpc) is 2.50. The van der Waals surface area contributed by atoms with Gasteiger partial charge in [0, 0.05) is 12.3 Å². The van der Waals surface area contributed by atoms with Crippen molar-refractivity contribution in [3.8, 4) is 0 Å². The average molecular weight is 198 g/mol. The zero-order valence-corrected chi connectivity index (χ0v) is 8.86. The van der Waals surface area contributed by atoms with Crippen molar-refractivity contribution in [1.82, 2.24) is 0 Å². The lowest BCUT2D eigenvalue weighted by atomic mass is 9.94. The van der Waals surface area contributed by atoms with Crippen LogP contribution in [0.15, 0.2) is 0 Å². The first-order chi connectivity index (χ1) is 6.63. The molecule has 0 aromatic carbocycles. The molecule has 14 heavy (non-hydrogen) atoms. The SMILES string of the molecule is CC(C)OC(=O)CC1CCCC1C=O. The Morgan fingerprint density at radius 1 is 1.50 bits per heavy atom. The number of aldehydes is 1. The minimum atomic E-state index is -0.168. The Labute approximate surface area is 84.8 Å². The Hall–Kier alpha value is -0.860. The summed E-state index contributed by atoms with van der Waals surface area (Å²) in [6.07, 6.45) is 4.31. The van der Waals surface area contributed by atoms with Gasteiger partial charge in [-0.25, -0.2) is 0 Å². The third-order valence-electron chi connectivity index (χ3n) is 2.69. The molecule has 3 heteroatoms. The third kappa shape index (κ3) is 3.13. The molecule has 1 aliphatic rings. The van der Waals surface area contributed by atoms with Gasteiger partial charge in [0.15, 0.2) is 0 Å². The van der Waals surface area contributed by atoms with Crippen molar-refractivity contribution >= 4 is 12.3 Å². The van der Waals surface area contributed by atoms with E-state index in [4.69, 9.17) is 4.74 Å². The lowest BCUT2D eigenvalue weighted by molar-refractivity contribution is -0.148. The van der Waals surface area contributed by atoms with E-state index in [0.717, 1.165) is 25.5 Å². The maximum absolute atomic E-state index is 11.3. The zero-order valence-electron chi connectivity index (χ0n) is 8.86. The Kier molecular flexibility index (Phi) is 4.11. The van der Waals surface area contributed by atoms with Crippen molar-refractivity contribution in [2.45, 2.75) is 45.6 Å². The molecule has 0 aliphatic heterocycles. The van der Waals surface area contributed by atoms with Gasteiger partial charge in [-0.1, -0.05) is 6.42 Å². The Morgan fingerprint density at radius 3 is 2.79 bits per heavy atom. The first-order valence-corrected chi connectivity index (χ1v) is 5.28. The molecule has 2 atom stereocenters. The molecule has 0 radical (unpaired) electrons. The first-order valence-electron chi connectivity index (χ1n) is 5.28. The van der Waals surface area contributed by atoms with E-state index in [9.17, 15) is 9.59 Å². The summed E-state index contributed by atoms with van der Waals surface area (Å²) in [5.74, 6) is 0.132. The molecular formula is C11H18O3. The molecule has 1 saturated carbocycles. The minimum Gasteiger partial charge on any atom is -0.463 e. The summed E-state index contributed by atoms with van der Waals surface area (Å²) in [6.45, 7) is 3.67. The van der Waals surface area contributed by atoms with Crippen molar-refractivity contribution in [3.63, 3.8) is 0 Å². The number of carbonyl (C=O) groups is 2. The molecule has 0 heterocycles. The van der Waals surface area contributed by atoms with Crippen molar-refractivity contribution in [2.24, 2.45) is 11.8 Å². The Morgan fingerprint density at radius 2 is 2.21 bits per heavy atom. The van der Waals surface area contributed by atoms with E-state index in [-0.39, 0.29) is 23.9 Å². The molecule has 0 N–H and O–H groups in total. The van der Waals surface area contributed by atoms with Crippen LogP contribution in [0.5, 0.6) is 0 Å². The topological polar surface area (TPSA) is 43.4 Å². The molecule has 0 saturated heterocycles. The number of hydrogen-bond acceptors (Lipinski definition) is 3. The van der Waals surface area contributed by atoms with Gasteiger partial charge in [0.05, 0.1) is 6.10 Å². The van der Waals surface area contributed by atoms with Crippen LogP contribution in [0, 0.1) is 11.8 Å². The van der Waals surface area contributed by atoms with Gasteiger partial charge in [-0.05, 0) is 32.6 Å². The fourth-order valence-corrected chi connectivity index (χ4v) is 2.02. The van der Waals surface area contributed by atoms with E-state index in [0.29, 0.717) is 6.42 Å². The van der Waals surface area contributed by atoms with Crippen molar-refractivity contribution in [2.75, 3.05) is 0 Å². The van der Waals surface area contributed by atoms with Crippen molar-refractivity contribution in [1.29, 1.82) is 0 Å². The Balaban J connectivity index is 2.35. The summed E-state index contributed by atoms with van der Waals surface area (Å²) < 4.78 is 5.05. The first kappa shape index (κ1) is 11.2. The Bertz CT molecular complexity index is 211. The smallest absolute Gasteiger partial charge is 0.306 e. The van der Waals surface area contributed by atoms with Crippen LogP contribution in [0.4, 0.5) is 0 Å². The molecule has 3 nitrogen and oxygen atoms in total. The number of carbonyl (C=O) groups excluding carboxylic acids is 2. The molecular weight excluding hydrogens is 180 g/mol. The quantitative estimate of drug-likeness (QED) is 0.512. The molecule has 2 unspecified atom stereocenters.